The number of amides is 1. The average Bonchev–Trinajstić information content (AvgIpc) is 2.88. The first-order chi connectivity index (χ1) is 10.6. The molecule has 0 unspecified atom stereocenters. The third-order valence-electron chi connectivity index (χ3n) is 3.86. The van der Waals surface area contributed by atoms with Gasteiger partial charge in [-0.05, 0) is 42.2 Å². The second kappa shape index (κ2) is 6.89. The van der Waals surface area contributed by atoms with Gasteiger partial charge in [0.1, 0.15) is 0 Å². The van der Waals surface area contributed by atoms with Crippen LogP contribution < -0.4 is 10.6 Å². The third-order valence-corrected chi connectivity index (χ3v) is 5.48. The number of halogens is 1. The minimum Gasteiger partial charge on any atom is -0.314 e. The van der Waals surface area contributed by atoms with E-state index in [1.165, 1.54) is 11.3 Å². The Kier molecular flexibility index (Phi) is 4.90. The molecule has 0 radical (unpaired) electrons. The van der Waals surface area contributed by atoms with Crippen LogP contribution in [0.2, 0.25) is 0 Å². The van der Waals surface area contributed by atoms with Gasteiger partial charge in [-0.3, -0.25) is 4.79 Å². The predicted molar refractivity (Wildman–Crippen MR) is 94.1 cm³/mol. The molecule has 0 aliphatic carbocycles. The first-order valence-electron chi connectivity index (χ1n) is 7.39. The van der Waals surface area contributed by atoms with Crippen molar-refractivity contribution in [1.82, 2.24) is 10.3 Å². The van der Waals surface area contributed by atoms with Crippen LogP contribution in [-0.4, -0.2) is 23.5 Å². The lowest BCUT2D eigenvalue weighted by molar-refractivity contribution is -0.120. The predicted octanol–water partition coefficient (Wildman–Crippen LogP) is 3.90. The summed E-state index contributed by atoms with van der Waals surface area (Å²) in [6.45, 7) is 3.02. The third kappa shape index (κ3) is 3.56. The van der Waals surface area contributed by atoms with Gasteiger partial charge in [-0.1, -0.05) is 41.7 Å². The molecule has 1 saturated heterocycles. The number of nitrogens with zero attached hydrogens (tertiary/aromatic N) is 1. The van der Waals surface area contributed by atoms with Crippen LogP contribution >= 0.6 is 27.3 Å². The molecule has 2 atom stereocenters. The number of thiazole rings is 1. The van der Waals surface area contributed by atoms with E-state index in [4.69, 9.17) is 0 Å². The fourth-order valence-corrected chi connectivity index (χ4v) is 4.20. The molecule has 6 heteroatoms. The van der Waals surface area contributed by atoms with Crippen LogP contribution in [0.1, 0.15) is 19.8 Å². The van der Waals surface area contributed by atoms with Gasteiger partial charge in [0.2, 0.25) is 5.91 Å². The molecule has 0 bridgehead atoms. The summed E-state index contributed by atoms with van der Waals surface area (Å²) < 4.78 is 0.938. The highest BCUT2D eigenvalue weighted by Crippen LogP contribution is 2.35. The summed E-state index contributed by atoms with van der Waals surface area (Å²) in [5.74, 6) is 0.147. The van der Waals surface area contributed by atoms with Crippen molar-refractivity contribution in [3.63, 3.8) is 0 Å². The summed E-state index contributed by atoms with van der Waals surface area (Å²) >= 11 is 5.00. The first-order valence-corrected chi connectivity index (χ1v) is 9.00. The van der Waals surface area contributed by atoms with Crippen LogP contribution in [0.5, 0.6) is 0 Å². The van der Waals surface area contributed by atoms with E-state index >= 15 is 0 Å². The number of rotatable bonds is 3. The Bertz CT molecular complexity index is 659. The van der Waals surface area contributed by atoms with Crippen molar-refractivity contribution in [2.45, 2.75) is 25.8 Å². The van der Waals surface area contributed by atoms with Crippen LogP contribution in [-0.2, 0) is 4.79 Å². The summed E-state index contributed by atoms with van der Waals surface area (Å²) in [4.78, 5) is 16.9. The molecule has 2 aromatic rings. The van der Waals surface area contributed by atoms with Crippen molar-refractivity contribution in [2.75, 3.05) is 11.9 Å². The van der Waals surface area contributed by atoms with Gasteiger partial charge in [0, 0.05) is 17.5 Å². The number of nitrogens with one attached hydrogen (secondary N) is 2. The molecule has 1 aromatic heterocycles. The molecule has 22 heavy (non-hydrogen) atoms. The van der Waals surface area contributed by atoms with Gasteiger partial charge in [-0.15, -0.1) is 0 Å². The topological polar surface area (TPSA) is 54.0 Å². The number of anilines is 1. The smallest absolute Gasteiger partial charge is 0.229 e. The molecule has 1 aromatic carbocycles. The molecular weight excluding hydrogens is 362 g/mol. The van der Waals surface area contributed by atoms with Gasteiger partial charge < -0.3 is 10.6 Å². The van der Waals surface area contributed by atoms with Crippen molar-refractivity contribution >= 4 is 38.3 Å². The molecule has 1 aliphatic heterocycles. The second-order valence-electron chi connectivity index (χ2n) is 5.57. The van der Waals surface area contributed by atoms with Gasteiger partial charge in [0.15, 0.2) is 5.13 Å². The maximum Gasteiger partial charge on any atom is 0.229 e. The zero-order valence-corrected chi connectivity index (χ0v) is 14.7. The quantitative estimate of drug-likeness (QED) is 0.849. The van der Waals surface area contributed by atoms with E-state index in [-0.39, 0.29) is 11.8 Å². The summed E-state index contributed by atoms with van der Waals surface area (Å²) in [5, 5.41) is 6.99. The molecule has 1 amide bonds. The van der Waals surface area contributed by atoms with Crippen LogP contribution in [0.15, 0.2) is 34.1 Å². The van der Waals surface area contributed by atoms with Gasteiger partial charge in [0.05, 0.1) is 9.48 Å². The normalized spacial score (nSPS) is 21.5. The van der Waals surface area contributed by atoms with E-state index in [1.54, 1.807) is 0 Å². The Labute approximate surface area is 142 Å². The highest BCUT2D eigenvalue weighted by molar-refractivity contribution is 9.11. The van der Waals surface area contributed by atoms with Crippen molar-refractivity contribution in [2.24, 2.45) is 5.92 Å². The standard InChI is InChI=1S/C16H18BrN3OS/c1-10-9-12(7-8-18-10)15(21)20-16-19-13(14(17)22-16)11-5-3-2-4-6-11/h2-6,10,12,18H,7-9H2,1H3,(H,19,20,21)/t10-,12-/m0/s1. The summed E-state index contributed by atoms with van der Waals surface area (Å²) in [6.07, 6.45) is 1.76. The van der Waals surface area contributed by atoms with E-state index in [2.05, 4.69) is 38.5 Å². The lowest BCUT2D eigenvalue weighted by Gasteiger charge is -2.26. The maximum absolute atomic E-state index is 12.4. The van der Waals surface area contributed by atoms with Crippen LogP contribution in [0.4, 0.5) is 5.13 Å². The Morgan fingerprint density at radius 1 is 1.41 bits per heavy atom. The fourth-order valence-electron chi connectivity index (χ4n) is 2.71. The van der Waals surface area contributed by atoms with Crippen molar-refractivity contribution in [3.05, 3.63) is 34.1 Å². The molecular formula is C16H18BrN3OS. The van der Waals surface area contributed by atoms with Crippen LogP contribution in [0.25, 0.3) is 11.3 Å². The molecule has 2 heterocycles. The SMILES string of the molecule is C[C@H]1C[C@@H](C(=O)Nc2nc(-c3ccccc3)c(Br)s2)CCN1. The highest BCUT2D eigenvalue weighted by Gasteiger charge is 2.25. The monoisotopic (exact) mass is 379 g/mol. The number of hydrogen-bond donors (Lipinski definition) is 2. The molecule has 0 saturated carbocycles. The van der Waals surface area contributed by atoms with Crippen LogP contribution in [0, 0.1) is 5.92 Å². The minimum absolute atomic E-state index is 0.0686. The molecule has 1 fully saturated rings. The fraction of sp³-hybridized carbons (Fsp3) is 0.375. The summed E-state index contributed by atoms with van der Waals surface area (Å²) in [6, 6.07) is 10.4. The molecule has 2 N–H and O–H groups in total. The molecule has 1 aliphatic rings. The molecule has 116 valence electrons. The lowest BCUT2D eigenvalue weighted by Crippen LogP contribution is -2.40. The van der Waals surface area contributed by atoms with Gasteiger partial charge >= 0.3 is 0 Å². The molecule has 4 nitrogen and oxygen atoms in total. The van der Waals surface area contributed by atoms with Crippen molar-refractivity contribution in [3.8, 4) is 11.3 Å². The van der Waals surface area contributed by atoms with E-state index in [0.29, 0.717) is 11.2 Å². The number of piperidine rings is 1. The Balaban J connectivity index is 1.72. The zero-order valence-electron chi connectivity index (χ0n) is 12.3. The Morgan fingerprint density at radius 2 is 2.18 bits per heavy atom. The Hall–Kier alpha value is -1.24. The average molecular weight is 380 g/mol. The van der Waals surface area contributed by atoms with Gasteiger partial charge in [-0.2, -0.15) is 0 Å². The molecule has 0 spiro atoms. The number of hydrogen-bond acceptors (Lipinski definition) is 4. The highest BCUT2D eigenvalue weighted by atomic mass is 79.9. The summed E-state index contributed by atoms with van der Waals surface area (Å²) in [7, 11) is 0. The largest absolute Gasteiger partial charge is 0.314 e. The van der Waals surface area contributed by atoms with Crippen molar-refractivity contribution < 1.29 is 4.79 Å². The van der Waals surface area contributed by atoms with Crippen molar-refractivity contribution in [1.29, 1.82) is 0 Å². The number of carbonyl (C=O) groups is 1. The van der Waals surface area contributed by atoms with Gasteiger partial charge in [0.25, 0.3) is 0 Å². The van der Waals surface area contributed by atoms with Crippen LogP contribution in [0.3, 0.4) is 0 Å². The van der Waals surface area contributed by atoms with E-state index in [9.17, 15) is 4.79 Å². The second-order valence-corrected chi connectivity index (χ2v) is 7.89. The number of benzene rings is 1. The summed E-state index contributed by atoms with van der Waals surface area (Å²) in [5.41, 5.74) is 1.92. The van der Waals surface area contributed by atoms with E-state index < -0.39 is 0 Å². The minimum atomic E-state index is 0.0686. The maximum atomic E-state index is 12.4. The van der Waals surface area contributed by atoms with E-state index in [1.807, 2.05) is 30.3 Å². The lowest BCUT2D eigenvalue weighted by atomic mass is 9.92. The Morgan fingerprint density at radius 3 is 2.91 bits per heavy atom. The number of aromatic nitrogens is 1. The zero-order chi connectivity index (χ0) is 15.5. The van der Waals surface area contributed by atoms with Gasteiger partial charge in [-0.25, -0.2) is 4.98 Å². The van der Waals surface area contributed by atoms with E-state index in [0.717, 1.165) is 34.4 Å². The first kappa shape index (κ1) is 15.6. The number of carbonyl (C=O) groups excluding carboxylic acids is 1. The molecule has 3 rings (SSSR count).